The minimum atomic E-state index is -4.88. The van der Waals surface area contributed by atoms with Crippen LogP contribution in [0.3, 0.4) is 0 Å². The van der Waals surface area contributed by atoms with Crippen LogP contribution in [0.15, 0.2) is 60.8 Å². The maximum atomic E-state index is 15.3. The molecule has 1 spiro atoms. The van der Waals surface area contributed by atoms with E-state index >= 15 is 4.39 Å². The van der Waals surface area contributed by atoms with Gasteiger partial charge in [0.05, 0.1) is 29.5 Å². The molecule has 1 aliphatic carbocycles. The Morgan fingerprint density at radius 2 is 1.83 bits per heavy atom. The molecule has 0 atom stereocenters. The first-order valence-electron chi connectivity index (χ1n) is 12.8. The van der Waals surface area contributed by atoms with Crippen molar-refractivity contribution in [2.24, 2.45) is 0 Å². The molecule has 2 aliphatic rings. The van der Waals surface area contributed by atoms with Gasteiger partial charge in [0.15, 0.2) is 5.69 Å². The molecule has 0 unspecified atom stereocenters. The number of alkyl halides is 3. The fourth-order valence-corrected chi connectivity index (χ4v) is 5.38. The zero-order chi connectivity index (χ0) is 29.8. The first-order chi connectivity index (χ1) is 20.0. The number of urea groups is 1. The highest BCUT2D eigenvalue weighted by molar-refractivity contribution is 6.31. The lowest BCUT2D eigenvalue weighted by atomic mass is 9.75. The molecule has 6 rings (SSSR count). The second-order valence-corrected chi connectivity index (χ2v) is 10.1. The summed E-state index contributed by atoms with van der Waals surface area (Å²) in [5.74, 6) is -1.89. The van der Waals surface area contributed by atoms with Gasteiger partial charge in [0.2, 0.25) is 0 Å². The number of imide groups is 1. The molecule has 1 aliphatic heterocycles. The maximum Gasteiger partial charge on any atom is 0.407 e. The van der Waals surface area contributed by atoms with Crippen LogP contribution in [0.4, 0.5) is 39.4 Å². The molecule has 3 aromatic carbocycles. The number of nitrogens with zero attached hydrogens (tertiary/aromatic N) is 4. The summed E-state index contributed by atoms with van der Waals surface area (Å²) in [7, 11) is 0. The molecule has 1 saturated heterocycles. The lowest BCUT2D eigenvalue weighted by molar-refractivity contribution is -0.137. The maximum absolute atomic E-state index is 15.3. The highest BCUT2D eigenvalue weighted by Crippen LogP contribution is 2.49. The molecule has 0 radical (unpaired) electrons. The van der Waals surface area contributed by atoms with Crippen LogP contribution in [0.1, 0.15) is 40.7 Å². The molecule has 4 aromatic rings. The van der Waals surface area contributed by atoms with Crippen molar-refractivity contribution < 1.29 is 31.9 Å². The summed E-state index contributed by atoms with van der Waals surface area (Å²) in [4.78, 5) is 44.4. The number of carbonyl (C=O) groups is 3. The van der Waals surface area contributed by atoms with Crippen molar-refractivity contribution in [2.45, 2.75) is 37.5 Å². The quantitative estimate of drug-likeness (QED) is 0.170. The molecular formula is C29H20F4N6O3. The van der Waals surface area contributed by atoms with E-state index in [1.165, 1.54) is 12.1 Å². The number of rotatable bonds is 5. The second-order valence-electron chi connectivity index (χ2n) is 10.1. The lowest BCUT2D eigenvalue weighted by Gasteiger charge is -2.42. The van der Waals surface area contributed by atoms with Gasteiger partial charge in [0.1, 0.15) is 11.4 Å². The average Bonchev–Trinajstić information content (AvgIpc) is 3.50. The molecule has 2 fully saturated rings. The van der Waals surface area contributed by atoms with Gasteiger partial charge < -0.3 is 5.32 Å². The van der Waals surface area contributed by atoms with Gasteiger partial charge in [-0.05, 0) is 61.7 Å². The van der Waals surface area contributed by atoms with E-state index in [-0.39, 0.29) is 36.3 Å². The molecule has 0 bridgehead atoms. The van der Waals surface area contributed by atoms with Gasteiger partial charge in [-0.2, -0.15) is 18.3 Å². The number of nitrogens with one attached hydrogen (secondary N) is 2. The van der Waals surface area contributed by atoms with Gasteiger partial charge in [-0.1, -0.05) is 12.1 Å². The third kappa shape index (κ3) is 4.23. The Morgan fingerprint density at radius 3 is 2.50 bits per heavy atom. The topological polar surface area (TPSA) is 103 Å². The van der Waals surface area contributed by atoms with E-state index in [2.05, 4.69) is 20.4 Å². The minimum absolute atomic E-state index is 0.0577. The summed E-state index contributed by atoms with van der Waals surface area (Å²) in [6.45, 7) is 6.87. The normalized spacial score (nSPS) is 16.2. The van der Waals surface area contributed by atoms with Gasteiger partial charge >= 0.3 is 12.2 Å². The zero-order valence-corrected chi connectivity index (χ0v) is 21.6. The van der Waals surface area contributed by atoms with E-state index in [0.717, 1.165) is 34.0 Å². The smallest absolute Gasteiger partial charge is 0.348 e. The molecule has 42 heavy (non-hydrogen) atoms. The number of hydrogen-bond donors (Lipinski definition) is 2. The summed E-state index contributed by atoms with van der Waals surface area (Å²) < 4.78 is 56.0. The van der Waals surface area contributed by atoms with Crippen LogP contribution in [0.5, 0.6) is 0 Å². The monoisotopic (exact) mass is 576 g/mol. The van der Waals surface area contributed by atoms with Crippen molar-refractivity contribution in [1.82, 2.24) is 15.5 Å². The largest absolute Gasteiger partial charge is 0.407 e. The van der Waals surface area contributed by atoms with Crippen LogP contribution in [-0.4, -0.2) is 33.6 Å². The Hall–Kier alpha value is -5.25. The van der Waals surface area contributed by atoms with Gasteiger partial charge in [-0.25, -0.2) is 18.9 Å². The number of carbonyl (C=O) groups excluding carboxylic acids is 3. The van der Waals surface area contributed by atoms with Gasteiger partial charge in [-0.15, -0.1) is 0 Å². The van der Waals surface area contributed by atoms with Crippen molar-refractivity contribution in [1.29, 1.82) is 0 Å². The Labute approximate surface area is 235 Å². The van der Waals surface area contributed by atoms with Crippen LogP contribution in [-0.2, 0) is 17.5 Å². The van der Waals surface area contributed by atoms with Crippen LogP contribution >= 0.6 is 0 Å². The Balaban J connectivity index is 1.26. The lowest BCUT2D eigenvalue weighted by Crippen LogP contribution is -2.55. The molecule has 1 aromatic heterocycles. The van der Waals surface area contributed by atoms with Gasteiger partial charge in [0.25, 0.3) is 11.8 Å². The number of amides is 4. The summed E-state index contributed by atoms with van der Waals surface area (Å²) in [5.41, 5.74) is -2.32. The average molecular weight is 577 g/mol. The number of fused-ring (bicyclic) bond motifs is 1. The highest BCUT2D eigenvalue weighted by Gasteiger charge is 2.61. The minimum Gasteiger partial charge on any atom is -0.348 e. The summed E-state index contributed by atoms with van der Waals surface area (Å²) in [6.07, 6.45) is -2.22. The number of halogens is 4. The molecule has 13 heteroatoms. The fraction of sp³-hybridized carbons (Fsp3) is 0.207. The van der Waals surface area contributed by atoms with Gasteiger partial charge in [0, 0.05) is 28.7 Å². The van der Waals surface area contributed by atoms with Crippen molar-refractivity contribution in [2.75, 3.05) is 9.80 Å². The van der Waals surface area contributed by atoms with Crippen molar-refractivity contribution in [3.05, 3.63) is 94.7 Å². The summed E-state index contributed by atoms with van der Waals surface area (Å²) >= 11 is 0. The zero-order valence-electron chi connectivity index (χ0n) is 21.6. The van der Waals surface area contributed by atoms with E-state index in [1.807, 2.05) is 0 Å². The molecular weight excluding hydrogens is 556 g/mol. The van der Waals surface area contributed by atoms with Crippen molar-refractivity contribution in [3.63, 3.8) is 0 Å². The predicted octanol–water partition coefficient (Wildman–Crippen LogP) is 6.10. The first-order valence-corrected chi connectivity index (χ1v) is 12.8. The standard InChI is InChI=1S/C29H20F4N6O3/c1-34-24-8-6-19(12-21(24)29(31,32)33)38-26(41)28(9-2-10-28)39(27(38)42)20-5-3-17(22(30)13-20)14-35-25(40)16-4-7-23-18(11-16)15-36-37-23/h3-8,11-13,15H,2,9-10,14H2,(H,35,40)(H,36,37). The molecule has 1 saturated carbocycles. The molecule has 2 N–H and O–H groups in total. The molecule has 212 valence electrons. The number of benzene rings is 3. The first kappa shape index (κ1) is 26.9. The molecule has 9 nitrogen and oxygen atoms in total. The number of aromatic nitrogens is 2. The van der Waals surface area contributed by atoms with E-state index < -0.39 is 46.6 Å². The SMILES string of the molecule is [C-]#[N+]c1ccc(N2C(=O)N(c3ccc(CNC(=O)c4ccc5[nH]ncc5c4)c(F)c3)C3(CCC3)C2=O)cc1C(F)(F)F. The third-order valence-electron chi connectivity index (χ3n) is 7.69. The number of anilines is 2. The predicted molar refractivity (Wildman–Crippen MR) is 143 cm³/mol. The molecule has 4 amide bonds. The van der Waals surface area contributed by atoms with Gasteiger partial charge in [-0.3, -0.25) is 19.6 Å². The fourth-order valence-electron chi connectivity index (χ4n) is 5.38. The van der Waals surface area contributed by atoms with Crippen LogP contribution in [0, 0.1) is 12.4 Å². The Morgan fingerprint density at radius 1 is 1.07 bits per heavy atom. The van der Waals surface area contributed by atoms with Crippen LogP contribution in [0.25, 0.3) is 15.7 Å². The van der Waals surface area contributed by atoms with E-state index in [9.17, 15) is 27.6 Å². The van der Waals surface area contributed by atoms with E-state index in [1.54, 1.807) is 24.4 Å². The number of aromatic amines is 1. The molecule has 2 heterocycles. The third-order valence-corrected chi connectivity index (χ3v) is 7.69. The Kier molecular flexibility index (Phi) is 6.22. The summed E-state index contributed by atoms with van der Waals surface area (Å²) in [6, 6.07) is 10.5. The number of hydrogen-bond acceptors (Lipinski definition) is 4. The second kappa shape index (κ2) is 9.69. The highest BCUT2D eigenvalue weighted by atomic mass is 19.4. The van der Waals surface area contributed by atoms with Crippen LogP contribution in [0.2, 0.25) is 0 Å². The van der Waals surface area contributed by atoms with E-state index in [4.69, 9.17) is 6.57 Å². The van der Waals surface area contributed by atoms with E-state index in [0.29, 0.717) is 23.0 Å². The van der Waals surface area contributed by atoms with Crippen molar-refractivity contribution >= 4 is 45.8 Å². The van der Waals surface area contributed by atoms with Crippen molar-refractivity contribution in [3.8, 4) is 0 Å². The van der Waals surface area contributed by atoms with Crippen LogP contribution < -0.4 is 15.1 Å². The number of H-pyrrole nitrogens is 1. The summed E-state index contributed by atoms with van der Waals surface area (Å²) in [5, 5.41) is 10.1. The Bertz CT molecular complexity index is 1820.